The van der Waals surface area contributed by atoms with Crippen LogP contribution in [0.2, 0.25) is 10.0 Å². The maximum atomic E-state index is 11.2. The Balaban J connectivity index is 2.43. The molecule has 1 aromatic carbocycles. The van der Waals surface area contributed by atoms with Crippen LogP contribution in [0.15, 0.2) is 23.4 Å². The molecule has 0 bridgehead atoms. The molecule has 2 rings (SSSR count). The number of nitroso groups, excluding NO2 is 1. The largest absolute Gasteiger partial charge is 0.150 e. The zero-order valence-electron chi connectivity index (χ0n) is 8.88. The van der Waals surface area contributed by atoms with Crippen LogP contribution < -0.4 is 0 Å². The van der Waals surface area contributed by atoms with E-state index in [1.54, 1.807) is 12.1 Å². The summed E-state index contributed by atoms with van der Waals surface area (Å²) in [7, 11) is 0. The molecule has 1 saturated carbocycles. The summed E-state index contributed by atoms with van der Waals surface area (Å²) in [5.41, 5.74) is 0.202. The average Bonchev–Trinajstić information content (AvgIpc) is 2.30. The van der Waals surface area contributed by atoms with Gasteiger partial charge in [0.25, 0.3) is 0 Å². The first-order chi connectivity index (χ1) is 7.68. The molecule has 1 aliphatic rings. The quantitative estimate of drug-likeness (QED) is 0.692. The number of nitrogens with zero attached hydrogens (tertiary/aromatic N) is 1. The minimum atomic E-state index is -0.625. The Morgan fingerprint density at radius 3 is 2.38 bits per heavy atom. The van der Waals surface area contributed by atoms with Gasteiger partial charge < -0.3 is 0 Å². The first-order valence-electron chi connectivity index (χ1n) is 5.48. The fourth-order valence-electron chi connectivity index (χ4n) is 2.41. The Labute approximate surface area is 105 Å². The second-order valence-corrected chi connectivity index (χ2v) is 5.15. The molecule has 16 heavy (non-hydrogen) atoms. The van der Waals surface area contributed by atoms with Crippen LogP contribution in [-0.2, 0) is 5.54 Å². The van der Waals surface area contributed by atoms with Gasteiger partial charge in [-0.05, 0) is 25.0 Å². The summed E-state index contributed by atoms with van der Waals surface area (Å²) in [6, 6.07) is 5.28. The predicted octanol–water partition coefficient (Wildman–Crippen LogP) is 4.92. The smallest absolute Gasteiger partial charge is 0.129 e. The van der Waals surface area contributed by atoms with Gasteiger partial charge in [-0.1, -0.05) is 53.7 Å². The van der Waals surface area contributed by atoms with E-state index in [1.165, 1.54) is 6.42 Å². The lowest BCUT2D eigenvalue weighted by molar-refractivity contribution is 0.302. The zero-order chi connectivity index (χ0) is 11.6. The normalized spacial score (nSPS) is 19.4. The fraction of sp³-hybridized carbons (Fsp3) is 0.500. The number of halogens is 2. The lowest BCUT2D eigenvalue weighted by Crippen LogP contribution is -2.26. The van der Waals surface area contributed by atoms with Crippen molar-refractivity contribution in [2.24, 2.45) is 5.18 Å². The average molecular weight is 258 g/mol. The summed E-state index contributed by atoms with van der Waals surface area (Å²) in [5.74, 6) is 0. The summed E-state index contributed by atoms with van der Waals surface area (Å²) < 4.78 is 0. The molecule has 2 nitrogen and oxygen atoms in total. The topological polar surface area (TPSA) is 29.4 Å². The molecular formula is C12H13Cl2NO. The highest BCUT2D eigenvalue weighted by Gasteiger charge is 2.37. The van der Waals surface area contributed by atoms with Crippen molar-refractivity contribution in [3.63, 3.8) is 0 Å². The van der Waals surface area contributed by atoms with E-state index in [2.05, 4.69) is 5.18 Å². The van der Waals surface area contributed by atoms with E-state index >= 15 is 0 Å². The van der Waals surface area contributed by atoms with Crippen molar-refractivity contribution in [1.82, 2.24) is 0 Å². The fourth-order valence-corrected chi connectivity index (χ4v) is 3.00. The summed E-state index contributed by atoms with van der Waals surface area (Å²) in [6.45, 7) is 0. The molecule has 1 aliphatic carbocycles. The number of hydrogen-bond donors (Lipinski definition) is 0. The zero-order valence-corrected chi connectivity index (χ0v) is 10.4. The third kappa shape index (κ3) is 2.09. The van der Waals surface area contributed by atoms with Crippen LogP contribution in [0.25, 0.3) is 0 Å². The van der Waals surface area contributed by atoms with E-state index < -0.39 is 5.54 Å². The monoisotopic (exact) mass is 257 g/mol. The molecule has 0 aromatic heterocycles. The maximum absolute atomic E-state index is 11.2. The molecule has 0 aliphatic heterocycles. The van der Waals surface area contributed by atoms with Crippen LogP contribution in [0, 0.1) is 4.91 Å². The van der Waals surface area contributed by atoms with E-state index in [9.17, 15) is 4.91 Å². The number of hydrogen-bond acceptors (Lipinski definition) is 2. The molecule has 1 fully saturated rings. The van der Waals surface area contributed by atoms with Gasteiger partial charge in [0.2, 0.25) is 0 Å². The van der Waals surface area contributed by atoms with Crippen LogP contribution in [0.4, 0.5) is 0 Å². The van der Waals surface area contributed by atoms with Crippen molar-refractivity contribution >= 4 is 23.2 Å². The predicted molar refractivity (Wildman–Crippen MR) is 67.0 cm³/mol. The summed E-state index contributed by atoms with van der Waals surface area (Å²) in [4.78, 5) is 11.2. The highest BCUT2D eigenvalue weighted by molar-refractivity contribution is 6.35. The Morgan fingerprint density at radius 1 is 1.12 bits per heavy atom. The van der Waals surface area contributed by atoms with Crippen LogP contribution in [-0.4, -0.2) is 0 Å². The van der Waals surface area contributed by atoms with E-state index in [4.69, 9.17) is 23.2 Å². The van der Waals surface area contributed by atoms with Gasteiger partial charge in [-0.2, -0.15) is 0 Å². The molecule has 0 spiro atoms. The van der Waals surface area contributed by atoms with Gasteiger partial charge in [-0.15, -0.1) is 4.91 Å². The van der Waals surface area contributed by atoms with E-state index in [-0.39, 0.29) is 0 Å². The van der Waals surface area contributed by atoms with Crippen molar-refractivity contribution < 1.29 is 0 Å². The molecule has 0 amide bonds. The summed E-state index contributed by atoms with van der Waals surface area (Å²) in [5, 5.41) is 4.50. The van der Waals surface area contributed by atoms with Gasteiger partial charge in [0.15, 0.2) is 0 Å². The molecule has 0 unspecified atom stereocenters. The molecule has 0 N–H and O–H groups in total. The van der Waals surface area contributed by atoms with Gasteiger partial charge in [0, 0.05) is 15.6 Å². The van der Waals surface area contributed by atoms with E-state index in [0.717, 1.165) is 31.2 Å². The number of benzene rings is 1. The third-order valence-corrected chi connectivity index (χ3v) is 3.84. The standard InChI is InChI=1S/C12H13Cl2NO/c13-9-4-5-10(11(14)8-9)12(15-16)6-2-1-3-7-12/h4-5,8H,1-3,6-7H2. The van der Waals surface area contributed by atoms with Crippen LogP contribution in [0.3, 0.4) is 0 Å². The van der Waals surface area contributed by atoms with Gasteiger partial charge in [0.05, 0.1) is 0 Å². The highest BCUT2D eigenvalue weighted by atomic mass is 35.5. The number of rotatable bonds is 2. The van der Waals surface area contributed by atoms with Gasteiger partial charge in [-0.3, -0.25) is 0 Å². The molecule has 0 atom stereocenters. The minimum absolute atomic E-state index is 0.550. The minimum Gasteiger partial charge on any atom is -0.150 e. The molecule has 0 radical (unpaired) electrons. The van der Waals surface area contributed by atoms with Crippen LogP contribution in [0.5, 0.6) is 0 Å². The Bertz CT molecular complexity index is 400. The lowest BCUT2D eigenvalue weighted by Gasteiger charge is -2.31. The van der Waals surface area contributed by atoms with Crippen molar-refractivity contribution in [3.8, 4) is 0 Å². The third-order valence-electron chi connectivity index (χ3n) is 3.29. The molecule has 0 saturated heterocycles. The molecule has 1 aromatic rings. The summed E-state index contributed by atoms with van der Waals surface area (Å²) in [6.07, 6.45) is 4.81. The van der Waals surface area contributed by atoms with Crippen molar-refractivity contribution in [2.75, 3.05) is 0 Å². The Morgan fingerprint density at radius 2 is 1.81 bits per heavy atom. The summed E-state index contributed by atoms with van der Waals surface area (Å²) >= 11 is 12.0. The van der Waals surface area contributed by atoms with Crippen LogP contribution >= 0.6 is 23.2 Å². The maximum Gasteiger partial charge on any atom is 0.129 e. The Kier molecular flexibility index (Phi) is 3.50. The van der Waals surface area contributed by atoms with Crippen molar-refractivity contribution in [1.29, 1.82) is 0 Å². The first kappa shape index (κ1) is 11.9. The highest BCUT2D eigenvalue weighted by Crippen LogP contribution is 2.43. The second-order valence-electron chi connectivity index (χ2n) is 4.31. The van der Waals surface area contributed by atoms with E-state index in [1.807, 2.05) is 6.07 Å². The van der Waals surface area contributed by atoms with Crippen LogP contribution in [0.1, 0.15) is 37.7 Å². The van der Waals surface area contributed by atoms with Crippen molar-refractivity contribution in [3.05, 3.63) is 38.7 Å². The molecular weight excluding hydrogens is 245 g/mol. The molecule has 86 valence electrons. The van der Waals surface area contributed by atoms with E-state index in [0.29, 0.717) is 10.0 Å². The first-order valence-corrected chi connectivity index (χ1v) is 6.24. The SMILES string of the molecule is O=NC1(c2ccc(Cl)cc2Cl)CCCCC1. The molecule has 4 heteroatoms. The Hall–Kier alpha value is -0.600. The van der Waals surface area contributed by atoms with Gasteiger partial charge >= 0.3 is 0 Å². The second kappa shape index (κ2) is 4.72. The van der Waals surface area contributed by atoms with Gasteiger partial charge in [0.1, 0.15) is 5.54 Å². The van der Waals surface area contributed by atoms with Crippen molar-refractivity contribution in [2.45, 2.75) is 37.6 Å². The lowest BCUT2D eigenvalue weighted by atomic mass is 9.77. The molecule has 0 heterocycles. The van der Waals surface area contributed by atoms with Gasteiger partial charge in [-0.25, -0.2) is 0 Å².